The van der Waals surface area contributed by atoms with Gasteiger partial charge in [-0.3, -0.25) is 14.9 Å². The predicted octanol–water partition coefficient (Wildman–Crippen LogP) is 2.00. The van der Waals surface area contributed by atoms with E-state index in [0.29, 0.717) is 51.2 Å². The van der Waals surface area contributed by atoms with Gasteiger partial charge in [-0.1, -0.05) is 6.42 Å². The Kier molecular flexibility index (Phi) is 13.8. The smallest absolute Gasteiger partial charge is 0.432 e. The number of fused-ring (bicyclic) bond motifs is 1. The molecule has 3 amide bonds. The third-order valence-corrected chi connectivity index (χ3v) is 7.60. The number of rotatable bonds is 19. The maximum absolute atomic E-state index is 12.0. The first-order valence-corrected chi connectivity index (χ1v) is 14.2. The van der Waals surface area contributed by atoms with E-state index in [0.717, 1.165) is 25.0 Å². The number of amides is 3. The van der Waals surface area contributed by atoms with E-state index in [9.17, 15) is 24.5 Å². The van der Waals surface area contributed by atoms with Crippen molar-refractivity contribution in [1.82, 2.24) is 16.0 Å². The molecule has 0 bridgehead atoms. The molecule has 0 spiro atoms. The Hall–Kier alpha value is -3.14. The minimum Gasteiger partial charge on any atom is -0.432 e. The summed E-state index contributed by atoms with van der Waals surface area (Å²) in [5, 5.41) is 19.8. The molecule has 0 aromatic heterocycles. The topological polar surface area (TPSA) is 177 Å². The van der Waals surface area contributed by atoms with Crippen LogP contribution < -0.4 is 20.7 Å². The van der Waals surface area contributed by atoms with Gasteiger partial charge < -0.3 is 39.6 Å². The van der Waals surface area contributed by atoms with Gasteiger partial charge in [-0.15, -0.1) is 0 Å². The Morgan fingerprint density at radius 1 is 0.975 bits per heavy atom. The van der Waals surface area contributed by atoms with Crippen molar-refractivity contribution in [3.05, 3.63) is 34.4 Å². The first-order chi connectivity index (χ1) is 19.4. The number of ether oxygens (including phenoxy) is 5. The molecule has 2 heterocycles. The second-order valence-electron chi connectivity index (χ2n) is 9.01. The van der Waals surface area contributed by atoms with Gasteiger partial charge in [-0.2, -0.15) is 11.8 Å². The Bertz CT molecular complexity index is 967. The van der Waals surface area contributed by atoms with Crippen LogP contribution in [0.15, 0.2) is 24.3 Å². The molecular weight excluding hydrogens is 548 g/mol. The van der Waals surface area contributed by atoms with Crippen LogP contribution in [0.3, 0.4) is 0 Å². The van der Waals surface area contributed by atoms with Crippen LogP contribution in [0, 0.1) is 10.1 Å². The van der Waals surface area contributed by atoms with Gasteiger partial charge >= 0.3 is 12.2 Å². The number of thioether (sulfide) groups is 1. The van der Waals surface area contributed by atoms with E-state index < -0.39 is 11.1 Å². The van der Waals surface area contributed by atoms with Crippen LogP contribution in [0.5, 0.6) is 5.75 Å². The van der Waals surface area contributed by atoms with E-state index in [2.05, 4.69) is 16.0 Å². The van der Waals surface area contributed by atoms with Gasteiger partial charge in [-0.05, 0) is 25.0 Å². The molecule has 0 unspecified atom stereocenters. The van der Waals surface area contributed by atoms with Gasteiger partial charge in [0.15, 0.2) is 0 Å². The molecule has 3 N–H and O–H groups in total. The fourth-order valence-electron chi connectivity index (χ4n) is 4.11. The number of benzene rings is 1. The highest BCUT2D eigenvalue weighted by Crippen LogP contribution is 2.33. The van der Waals surface area contributed by atoms with Crippen molar-refractivity contribution in [2.24, 2.45) is 0 Å². The number of unbranched alkanes of at least 4 members (excludes halogenated alkanes) is 1. The number of nitrogens with zero attached hydrogens (tertiary/aromatic N) is 1. The summed E-state index contributed by atoms with van der Waals surface area (Å²) in [4.78, 5) is 45.0. The molecule has 3 atom stereocenters. The molecule has 3 rings (SSSR count). The van der Waals surface area contributed by atoms with E-state index in [1.165, 1.54) is 24.3 Å². The average molecular weight is 585 g/mol. The third kappa shape index (κ3) is 11.5. The first-order valence-electron chi connectivity index (χ1n) is 13.2. The first kappa shape index (κ1) is 31.4. The Morgan fingerprint density at radius 2 is 1.65 bits per heavy atom. The second-order valence-corrected chi connectivity index (χ2v) is 10.3. The number of carbonyl (C=O) groups excluding carboxylic acids is 3. The summed E-state index contributed by atoms with van der Waals surface area (Å²) < 4.78 is 25.9. The second kappa shape index (κ2) is 17.5. The maximum atomic E-state index is 12.0. The van der Waals surface area contributed by atoms with E-state index >= 15 is 0 Å². The lowest BCUT2D eigenvalue weighted by atomic mass is 10.0. The molecular formula is C25H36N4O10S. The standard InChI is InChI=1S/C25H36N4O10S/c30-22(4-2-1-3-21-23-20(17-40-21)27-24(31)28-23)26-9-10-35-11-12-36-13-14-37-15-16-38-25(32)39-19-7-5-18(6-8-19)29(33)34/h5-8,20-21,23H,1-4,9-17H2,(H,26,30)(H2,27,28,31)/t20-,21-,23-/m0/s1. The minimum atomic E-state index is -0.933. The molecule has 2 aliphatic rings. The van der Waals surface area contributed by atoms with Crippen LogP contribution in [0.1, 0.15) is 25.7 Å². The molecule has 2 saturated heterocycles. The van der Waals surface area contributed by atoms with E-state index in [-0.39, 0.29) is 48.7 Å². The molecule has 1 aromatic rings. The number of nitrogens with one attached hydrogen (secondary N) is 3. The number of carbonyl (C=O) groups is 3. The van der Waals surface area contributed by atoms with Crippen molar-refractivity contribution in [1.29, 1.82) is 0 Å². The number of non-ortho nitro benzene ring substituents is 1. The van der Waals surface area contributed by atoms with Gasteiger partial charge in [0.1, 0.15) is 12.4 Å². The van der Waals surface area contributed by atoms with Crippen molar-refractivity contribution in [2.75, 3.05) is 58.5 Å². The molecule has 2 aliphatic heterocycles. The van der Waals surface area contributed by atoms with Gasteiger partial charge in [0.25, 0.3) is 5.69 Å². The highest BCUT2D eigenvalue weighted by atomic mass is 32.2. The van der Waals surface area contributed by atoms with Crippen molar-refractivity contribution < 1.29 is 43.0 Å². The number of nitro groups is 1. The Balaban J connectivity index is 1.04. The van der Waals surface area contributed by atoms with Crippen LogP contribution in [-0.4, -0.2) is 98.9 Å². The van der Waals surface area contributed by atoms with Gasteiger partial charge in [0.2, 0.25) is 5.91 Å². The zero-order valence-electron chi connectivity index (χ0n) is 22.2. The SMILES string of the molecule is O=C(CCCC[C@@H]1SC[C@@H]2NC(=O)N[C@@H]21)NCCOCCOCCOCCOC(=O)Oc1ccc([N+](=O)[O-])cc1. The van der Waals surface area contributed by atoms with E-state index in [1.807, 2.05) is 11.8 Å². The Morgan fingerprint density at radius 3 is 2.35 bits per heavy atom. The van der Waals surface area contributed by atoms with Crippen LogP contribution in [0.25, 0.3) is 0 Å². The summed E-state index contributed by atoms with van der Waals surface area (Å²) in [6.45, 7) is 2.40. The van der Waals surface area contributed by atoms with Gasteiger partial charge in [0.05, 0.1) is 56.6 Å². The zero-order valence-corrected chi connectivity index (χ0v) is 23.0. The predicted molar refractivity (Wildman–Crippen MR) is 144 cm³/mol. The number of hydrogen-bond acceptors (Lipinski definition) is 11. The van der Waals surface area contributed by atoms with Crippen molar-refractivity contribution in [3.8, 4) is 5.75 Å². The Labute approximate surface area is 236 Å². The normalized spacial score (nSPS) is 19.4. The van der Waals surface area contributed by atoms with E-state index in [1.54, 1.807) is 0 Å². The molecule has 15 heteroatoms. The molecule has 222 valence electrons. The number of urea groups is 1. The van der Waals surface area contributed by atoms with Crippen molar-refractivity contribution in [2.45, 2.75) is 43.0 Å². The summed E-state index contributed by atoms with van der Waals surface area (Å²) >= 11 is 1.88. The highest BCUT2D eigenvalue weighted by molar-refractivity contribution is 8.00. The summed E-state index contributed by atoms with van der Waals surface area (Å²) in [6.07, 6.45) is 2.30. The van der Waals surface area contributed by atoms with Crippen LogP contribution >= 0.6 is 11.8 Å². The molecule has 1 aromatic carbocycles. The highest BCUT2D eigenvalue weighted by Gasteiger charge is 2.42. The van der Waals surface area contributed by atoms with Gasteiger partial charge in [0, 0.05) is 36.1 Å². The molecule has 40 heavy (non-hydrogen) atoms. The lowest BCUT2D eigenvalue weighted by molar-refractivity contribution is -0.384. The minimum absolute atomic E-state index is 0.00776. The van der Waals surface area contributed by atoms with Crippen LogP contribution in [0.2, 0.25) is 0 Å². The van der Waals surface area contributed by atoms with Crippen LogP contribution in [-0.2, 0) is 23.7 Å². The summed E-state index contributed by atoms with van der Waals surface area (Å²) in [7, 11) is 0. The summed E-state index contributed by atoms with van der Waals surface area (Å²) in [5.74, 6) is 1.09. The largest absolute Gasteiger partial charge is 0.513 e. The fraction of sp³-hybridized carbons (Fsp3) is 0.640. The summed E-state index contributed by atoms with van der Waals surface area (Å²) in [5.41, 5.74) is -0.109. The molecule has 0 radical (unpaired) electrons. The lowest BCUT2D eigenvalue weighted by Gasteiger charge is -2.16. The average Bonchev–Trinajstić information content (AvgIpc) is 3.48. The lowest BCUT2D eigenvalue weighted by Crippen LogP contribution is -2.36. The fourth-order valence-corrected chi connectivity index (χ4v) is 5.66. The third-order valence-electron chi connectivity index (χ3n) is 6.09. The molecule has 0 saturated carbocycles. The zero-order chi connectivity index (χ0) is 28.6. The van der Waals surface area contributed by atoms with Crippen LogP contribution in [0.4, 0.5) is 15.3 Å². The van der Waals surface area contributed by atoms with Crippen molar-refractivity contribution in [3.63, 3.8) is 0 Å². The van der Waals surface area contributed by atoms with Crippen molar-refractivity contribution >= 4 is 35.5 Å². The molecule has 14 nitrogen and oxygen atoms in total. The molecule has 2 fully saturated rings. The molecule has 0 aliphatic carbocycles. The van der Waals surface area contributed by atoms with Gasteiger partial charge in [-0.25, -0.2) is 9.59 Å². The monoisotopic (exact) mass is 584 g/mol. The quantitative estimate of drug-likeness (QED) is 0.0541. The number of nitro benzene ring substituents is 1. The maximum Gasteiger partial charge on any atom is 0.513 e. The summed E-state index contributed by atoms with van der Waals surface area (Å²) in [6, 6.07) is 5.41. The number of hydrogen-bond donors (Lipinski definition) is 3. The van der Waals surface area contributed by atoms with E-state index in [4.69, 9.17) is 23.7 Å².